The number of aromatic nitrogens is 3. The summed E-state index contributed by atoms with van der Waals surface area (Å²) in [5.74, 6) is -1.99. The third-order valence-electron chi connectivity index (χ3n) is 3.27. The highest BCUT2D eigenvalue weighted by atomic mass is 19.1. The molecule has 2 aromatic carbocycles. The van der Waals surface area contributed by atoms with Crippen LogP contribution in [0.1, 0.15) is 21.5 Å². The molecule has 0 aliphatic rings. The van der Waals surface area contributed by atoms with E-state index >= 15 is 0 Å². The maximum Gasteiger partial charge on any atom is 0.338 e. The normalized spacial score (nSPS) is 10.6. The van der Waals surface area contributed by atoms with Crippen LogP contribution in [-0.4, -0.2) is 21.0 Å². The molecule has 122 valence electrons. The van der Waals surface area contributed by atoms with E-state index in [-0.39, 0.29) is 12.2 Å². The van der Waals surface area contributed by atoms with Gasteiger partial charge >= 0.3 is 5.97 Å². The lowest BCUT2D eigenvalue weighted by Gasteiger charge is -2.07. The van der Waals surface area contributed by atoms with Crippen LogP contribution < -0.4 is 0 Å². The first-order valence-corrected chi connectivity index (χ1v) is 7.15. The van der Waals surface area contributed by atoms with Crippen LogP contribution in [0.5, 0.6) is 0 Å². The number of halogens is 2. The molecule has 0 aliphatic carbocycles. The second-order valence-electron chi connectivity index (χ2n) is 5.15. The molecular formula is C17H13F2N3O2. The minimum atomic E-state index is -0.712. The van der Waals surface area contributed by atoms with Gasteiger partial charge in [0.1, 0.15) is 18.2 Å². The SMILES string of the molecule is O=C(OCc1cc(F)cc(F)c1)c1cccc(Cn2ccnn2)c1. The number of hydrogen-bond acceptors (Lipinski definition) is 4. The molecule has 0 radical (unpaired) electrons. The van der Waals surface area contributed by atoms with Crippen molar-refractivity contribution in [3.63, 3.8) is 0 Å². The lowest BCUT2D eigenvalue weighted by molar-refractivity contribution is 0.0471. The Morgan fingerprint density at radius 2 is 1.88 bits per heavy atom. The predicted molar refractivity (Wildman–Crippen MR) is 81.0 cm³/mol. The number of benzene rings is 2. The monoisotopic (exact) mass is 329 g/mol. The maximum atomic E-state index is 13.1. The highest BCUT2D eigenvalue weighted by Gasteiger charge is 2.10. The fraction of sp³-hybridized carbons (Fsp3) is 0.118. The van der Waals surface area contributed by atoms with Crippen molar-refractivity contribution in [2.24, 2.45) is 0 Å². The lowest BCUT2D eigenvalue weighted by Crippen LogP contribution is -2.07. The molecule has 3 aromatic rings. The van der Waals surface area contributed by atoms with Crippen molar-refractivity contribution in [2.45, 2.75) is 13.2 Å². The van der Waals surface area contributed by atoms with Crippen molar-refractivity contribution < 1.29 is 18.3 Å². The summed E-state index contributed by atoms with van der Waals surface area (Å²) < 4.78 is 33.0. The first-order chi connectivity index (χ1) is 11.6. The average Bonchev–Trinajstić information content (AvgIpc) is 3.05. The second kappa shape index (κ2) is 6.99. The van der Waals surface area contributed by atoms with Gasteiger partial charge in [0.2, 0.25) is 0 Å². The van der Waals surface area contributed by atoms with Crippen molar-refractivity contribution in [3.05, 3.63) is 83.2 Å². The van der Waals surface area contributed by atoms with Crippen molar-refractivity contribution in [2.75, 3.05) is 0 Å². The van der Waals surface area contributed by atoms with Crippen LogP contribution in [0.4, 0.5) is 8.78 Å². The predicted octanol–water partition coefficient (Wildman–Crippen LogP) is 2.96. The zero-order valence-electron chi connectivity index (χ0n) is 12.5. The molecule has 0 bridgehead atoms. The molecular weight excluding hydrogens is 316 g/mol. The smallest absolute Gasteiger partial charge is 0.338 e. The topological polar surface area (TPSA) is 57.0 Å². The third kappa shape index (κ3) is 4.01. The van der Waals surface area contributed by atoms with E-state index in [1.165, 1.54) is 0 Å². The fourth-order valence-electron chi connectivity index (χ4n) is 2.23. The van der Waals surface area contributed by atoms with Gasteiger partial charge in [0.15, 0.2) is 0 Å². The van der Waals surface area contributed by atoms with Gasteiger partial charge in [-0.15, -0.1) is 5.10 Å². The summed E-state index contributed by atoms with van der Waals surface area (Å²) in [6, 6.07) is 9.87. The van der Waals surface area contributed by atoms with Gasteiger partial charge in [-0.2, -0.15) is 0 Å². The summed E-state index contributed by atoms with van der Waals surface area (Å²) in [4.78, 5) is 12.1. The van der Waals surface area contributed by atoms with Gasteiger partial charge in [-0.1, -0.05) is 17.3 Å². The van der Waals surface area contributed by atoms with Crippen molar-refractivity contribution in [1.82, 2.24) is 15.0 Å². The minimum Gasteiger partial charge on any atom is -0.457 e. The molecule has 0 N–H and O–H groups in total. The fourth-order valence-corrected chi connectivity index (χ4v) is 2.23. The first kappa shape index (κ1) is 15.8. The number of nitrogens with zero attached hydrogens (tertiary/aromatic N) is 3. The summed E-state index contributed by atoms with van der Waals surface area (Å²) in [7, 11) is 0. The maximum absolute atomic E-state index is 13.1. The Morgan fingerprint density at radius 1 is 1.08 bits per heavy atom. The molecule has 0 amide bonds. The van der Waals surface area contributed by atoms with Gasteiger partial charge in [0.25, 0.3) is 0 Å². The van der Waals surface area contributed by atoms with E-state index in [1.807, 2.05) is 6.07 Å². The molecule has 0 aliphatic heterocycles. The molecule has 0 unspecified atom stereocenters. The Kier molecular flexibility index (Phi) is 4.60. The molecule has 0 saturated carbocycles. The van der Waals surface area contributed by atoms with Crippen LogP contribution in [0.15, 0.2) is 54.9 Å². The number of ether oxygens (including phenoxy) is 1. The molecule has 5 nitrogen and oxygen atoms in total. The van der Waals surface area contributed by atoms with Crippen LogP contribution in [0.3, 0.4) is 0 Å². The van der Waals surface area contributed by atoms with Crippen LogP contribution in [-0.2, 0) is 17.9 Å². The van der Waals surface area contributed by atoms with E-state index in [1.54, 1.807) is 35.3 Å². The van der Waals surface area contributed by atoms with Gasteiger partial charge in [-0.3, -0.25) is 0 Å². The van der Waals surface area contributed by atoms with E-state index < -0.39 is 17.6 Å². The highest BCUT2D eigenvalue weighted by molar-refractivity contribution is 5.89. The van der Waals surface area contributed by atoms with Gasteiger partial charge in [0.05, 0.1) is 18.3 Å². The van der Waals surface area contributed by atoms with Gasteiger partial charge in [0, 0.05) is 12.3 Å². The quantitative estimate of drug-likeness (QED) is 0.675. The first-order valence-electron chi connectivity index (χ1n) is 7.15. The molecule has 1 heterocycles. The zero-order chi connectivity index (χ0) is 16.9. The van der Waals surface area contributed by atoms with Crippen LogP contribution in [0.25, 0.3) is 0 Å². The Labute approximate surface area is 136 Å². The highest BCUT2D eigenvalue weighted by Crippen LogP contribution is 2.12. The second-order valence-corrected chi connectivity index (χ2v) is 5.15. The molecule has 0 atom stereocenters. The van der Waals surface area contributed by atoms with Crippen LogP contribution >= 0.6 is 0 Å². The summed E-state index contributed by atoms with van der Waals surface area (Å²) in [6.45, 7) is 0.261. The number of hydrogen-bond donors (Lipinski definition) is 0. The third-order valence-corrected chi connectivity index (χ3v) is 3.27. The van der Waals surface area contributed by atoms with Gasteiger partial charge in [-0.25, -0.2) is 18.3 Å². The van der Waals surface area contributed by atoms with E-state index in [4.69, 9.17) is 4.74 Å². The largest absolute Gasteiger partial charge is 0.457 e. The van der Waals surface area contributed by atoms with Crippen molar-refractivity contribution >= 4 is 5.97 Å². The van der Waals surface area contributed by atoms with Crippen LogP contribution in [0, 0.1) is 11.6 Å². The Hall–Kier alpha value is -3.09. The molecule has 1 aromatic heterocycles. The standard InChI is InChI=1S/C17H13F2N3O2/c18-15-7-13(8-16(19)9-15)11-24-17(23)14-3-1-2-12(6-14)10-22-5-4-20-21-22/h1-9H,10-11H2. The molecule has 0 fully saturated rings. The van der Waals surface area contributed by atoms with Gasteiger partial charge < -0.3 is 4.74 Å². The lowest BCUT2D eigenvalue weighted by atomic mass is 10.1. The van der Waals surface area contributed by atoms with Crippen LogP contribution in [0.2, 0.25) is 0 Å². The van der Waals surface area contributed by atoms with E-state index in [9.17, 15) is 13.6 Å². The van der Waals surface area contributed by atoms with E-state index in [0.29, 0.717) is 12.1 Å². The average molecular weight is 329 g/mol. The van der Waals surface area contributed by atoms with E-state index in [0.717, 1.165) is 23.8 Å². The molecule has 24 heavy (non-hydrogen) atoms. The Morgan fingerprint density at radius 3 is 2.58 bits per heavy atom. The number of carbonyl (C=O) groups is 1. The summed E-state index contributed by atoms with van der Waals surface area (Å²) in [6.07, 6.45) is 3.28. The summed E-state index contributed by atoms with van der Waals surface area (Å²) in [5.41, 5.74) is 1.45. The van der Waals surface area contributed by atoms with Crippen molar-refractivity contribution in [1.29, 1.82) is 0 Å². The molecule has 3 rings (SSSR count). The molecule has 7 heteroatoms. The Balaban J connectivity index is 1.66. The minimum absolute atomic E-state index is 0.208. The number of rotatable bonds is 5. The molecule has 0 spiro atoms. The van der Waals surface area contributed by atoms with Crippen molar-refractivity contribution in [3.8, 4) is 0 Å². The number of carbonyl (C=O) groups excluding carboxylic acids is 1. The van der Waals surface area contributed by atoms with E-state index in [2.05, 4.69) is 10.3 Å². The molecule has 0 saturated heterocycles. The summed E-state index contributed by atoms with van der Waals surface area (Å²) in [5, 5.41) is 7.57. The zero-order valence-corrected chi connectivity index (χ0v) is 12.5. The Bertz CT molecular complexity index is 831. The summed E-state index contributed by atoms with van der Waals surface area (Å²) >= 11 is 0. The number of esters is 1. The van der Waals surface area contributed by atoms with Gasteiger partial charge in [-0.05, 0) is 35.4 Å².